The van der Waals surface area contributed by atoms with E-state index in [1.165, 1.54) is 0 Å². The number of methoxy groups -OCH3 is 1. The SMILES string of the molecule is COc1cccc(C(=O)N2CCC(C(=O)O)(C(C)C)C2)c1. The summed E-state index contributed by atoms with van der Waals surface area (Å²) in [6.45, 7) is 4.53. The van der Waals surface area contributed by atoms with Crippen molar-refractivity contribution >= 4 is 11.9 Å². The maximum Gasteiger partial charge on any atom is 0.311 e. The number of likely N-dealkylation sites (tertiary alicyclic amines) is 1. The van der Waals surface area contributed by atoms with Crippen LogP contribution < -0.4 is 4.74 Å². The predicted molar refractivity (Wildman–Crippen MR) is 78.4 cm³/mol. The molecule has 1 aliphatic heterocycles. The number of carbonyl (C=O) groups is 2. The molecule has 0 saturated carbocycles. The van der Waals surface area contributed by atoms with Gasteiger partial charge in [0.05, 0.1) is 12.5 Å². The molecule has 1 aromatic carbocycles. The van der Waals surface area contributed by atoms with E-state index in [4.69, 9.17) is 4.74 Å². The number of rotatable bonds is 4. The van der Waals surface area contributed by atoms with Crippen LogP contribution in [0.4, 0.5) is 0 Å². The van der Waals surface area contributed by atoms with Gasteiger partial charge in [-0.1, -0.05) is 19.9 Å². The Morgan fingerprint density at radius 2 is 2.10 bits per heavy atom. The quantitative estimate of drug-likeness (QED) is 0.924. The lowest BCUT2D eigenvalue weighted by Crippen LogP contribution is -2.40. The van der Waals surface area contributed by atoms with Crippen molar-refractivity contribution in [2.24, 2.45) is 11.3 Å². The number of hydrogen-bond donors (Lipinski definition) is 1. The number of aliphatic carboxylic acids is 1. The maximum absolute atomic E-state index is 12.5. The van der Waals surface area contributed by atoms with E-state index in [-0.39, 0.29) is 18.4 Å². The van der Waals surface area contributed by atoms with Gasteiger partial charge in [-0.3, -0.25) is 9.59 Å². The minimum absolute atomic E-state index is 0.0156. The van der Waals surface area contributed by atoms with Crippen molar-refractivity contribution < 1.29 is 19.4 Å². The summed E-state index contributed by atoms with van der Waals surface area (Å²) in [5.74, 6) is -0.359. The Labute approximate surface area is 124 Å². The summed E-state index contributed by atoms with van der Waals surface area (Å²) in [6.07, 6.45) is 0.496. The fraction of sp³-hybridized carbons (Fsp3) is 0.500. The van der Waals surface area contributed by atoms with Gasteiger partial charge >= 0.3 is 5.97 Å². The Bertz CT molecular complexity index is 555. The zero-order chi connectivity index (χ0) is 15.6. The molecule has 1 aliphatic rings. The van der Waals surface area contributed by atoms with Crippen LogP contribution in [0.5, 0.6) is 5.75 Å². The second kappa shape index (κ2) is 5.76. The summed E-state index contributed by atoms with van der Waals surface area (Å²) < 4.78 is 5.12. The van der Waals surface area contributed by atoms with Crippen LogP contribution in [0.1, 0.15) is 30.6 Å². The lowest BCUT2D eigenvalue weighted by Gasteiger charge is -2.28. The van der Waals surface area contributed by atoms with Crippen molar-refractivity contribution in [3.63, 3.8) is 0 Å². The molecule has 5 nitrogen and oxygen atoms in total. The monoisotopic (exact) mass is 291 g/mol. The Morgan fingerprint density at radius 3 is 2.62 bits per heavy atom. The van der Waals surface area contributed by atoms with Gasteiger partial charge in [-0.2, -0.15) is 0 Å². The van der Waals surface area contributed by atoms with E-state index in [0.717, 1.165) is 0 Å². The van der Waals surface area contributed by atoms with Crippen LogP contribution in [0.2, 0.25) is 0 Å². The summed E-state index contributed by atoms with van der Waals surface area (Å²) in [4.78, 5) is 25.8. The third-order valence-corrected chi connectivity index (χ3v) is 4.44. The number of carbonyl (C=O) groups excluding carboxylic acids is 1. The van der Waals surface area contributed by atoms with Gasteiger partial charge in [-0.25, -0.2) is 0 Å². The van der Waals surface area contributed by atoms with Crippen LogP contribution in [0.3, 0.4) is 0 Å². The van der Waals surface area contributed by atoms with E-state index in [1.807, 2.05) is 13.8 Å². The van der Waals surface area contributed by atoms with Gasteiger partial charge in [-0.15, -0.1) is 0 Å². The molecule has 1 amide bonds. The summed E-state index contributed by atoms with van der Waals surface area (Å²) in [5.41, 5.74) is -0.312. The summed E-state index contributed by atoms with van der Waals surface area (Å²) in [6, 6.07) is 6.94. The molecule has 0 radical (unpaired) electrons. The highest BCUT2D eigenvalue weighted by molar-refractivity contribution is 5.95. The number of carboxylic acid groups (broad SMARTS) is 1. The highest BCUT2D eigenvalue weighted by Crippen LogP contribution is 2.38. The van der Waals surface area contributed by atoms with Gasteiger partial charge in [0.15, 0.2) is 0 Å². The van der Waals surface area contributed by atoms with Crippen molar-refractivity contribution in [1.29, 1.82) is 0 Å². The fourth-order valence-electron chi connectivity index (χ4n) is 2.84. The second-order valence-electron chi connectivity index (χ2n) is 5.82. The minimum atomic E-state index is -0.839. The van der Waals surface area contributed by atoms with E-state index in [0.29, 0.717) is 24.3 Å². The topological polar surface area (TPSA) is 66.8 Å². The highest BCUT2D eigenvalue weighted by Gasteiger charge is 2.48. The molecule has 1 heterocycles. The largest absolute Gasteiger partial charge is 0.497 e. The first kappa shape index (κ1) is 15.4. The lowest BCUT2D eigenvalue weighted by atomic mass is 9.76. The van der Waals surface area contributed by atoms with E-state index in [1.54, 1.807) is 36.3 Å². The molecule has 2 rings (SSSR count). The van der Waals surface area contributed by atoms with Crippen LogP contribution in [0, 0.1) is 11.3 Å². The van der Waals surface area contributed by atoms with E-state index in [2.05, 4.69) is 0 Å². The zero-order valence-electron chi connectivity index (χ0n) is 12.6. The molecule has 114 valence electrons. The highest BCUT2D eigenvalue weighted by atomic mass is 16.5. The summed E-state index contributed by atoms with van der Waals surface area (Å²) in [7, 11) is 1.55. The first-order valence-electron chi connectivity index (χ1n) is 7.07. The molecule has 0 aromatic heterocycles. The molecule has 1 atom stereocenters. The fourth-order valence-corrected chi connectivity index (χ4v) is 2.84. The second-order valence-corrected chi connectivity index (χ2v) is 5.82. The average molecular weight is 291 g/mol. The standard InChI is InChI=1S/C16H21NO4/c1-11(2)16(15(19)20)7-8-17(10-16)14(18)12-5-4-6-13(9-12)21-3/h4-6,9,11H,7-8,10H2,1-3H3,(H,19,20). The molecule has 1 aromatic rings. The Kier molecular flexibility index (Phi) is 4.21. The Balaban J connectivity index is 2.20. The molecular formula is C16H21NO4. The number of nitrogens with zero attached hydrogens (tertiary/aromatic N) is 1. The predicted octanol–water partition coefficient (Wildman–Crippen LogP) is 2.27. The average Bonchev–Trinajstić information content (AvgIpc) is 2.93. The zero-order valence-corrected chi connectivity index (χ0v) is 12.6. The van der Waals surface area contributed by atoms with Crippen molar-refractivity contribution in [1.82, 2.24) is 4.90 Å². The van der Waals surface area contributed by atoms with Gasteiger partial charge in [0.2, 0.25) is 0 Å². The Hall–Kier alpha value is -2.04. The van der Waals surface area contributed by atoms with Crippen molar-refractivity contribution in [2.45, 2.75) is 20.3 Å². The summed E-state index contributed by atoms with van der Waals surface area (Å²) in [5, 5.41) is 9.53. The third-order valence-electron chi connectivity index (χ3n) is 4.44. The van der Waals surface area contributed by atoms with Crippen LogP contribution in [0.15, 0.2) is 24.3 Å². The van der Waals surface area contributed by atoms with Gasteiger partial charge in [0.1, 0.15) is 5.75 Å². The van der Waals surface area contributed by atoms with Crippen molar-refractivity contribution in [3.8, 4) is 5.75 Å². The number of ether oxygens (including phenoxy) is 1. The van der Waals surface area contributed by atoms with Crippen LogP contribution in [0.25, 0.3) is 0 Å². The van der Waals surface area contributed by atoms with Crippen molar-refractivity contribution in [3.05, 3.63) is 29.8 Å². The number of amides is 1. The molecule has 0 spiro atoms. The molecule has 1 unspecified atom stereocenters. The van der Waals surface area contributed by atoms with E-state index < -0.39 is 11.4 Å². The molecule has 0 aliphatic carbocycles. The molecule has 1 fully saturated rings. The molecule has 1 saturated heterocycles. The molecule has 5 heteroatoms. The normalized spacial score (nSPS) is 21.6. The Morgan fingerprint density at radius 1 is 1.38 bits per heavy atom. The number of benzene rings is 1. The first-order chi connectivity index (χ1) is 9.90. The van der Waals surface area contributed by atoms with Crippen molar-refractivity contribution in [2.75, 3.05) is 20.2 Å². The van der Waals surface area contributed by atoms with Gasteiger partial charge in [0, 0.05) is 18.7 Å². The van der Waals surface area contributed by atoms with Gasteiger partial charge in [0.25, 0.3) is 5.91 Å². The minimum Gasteiger partial charge on any atom is -0.497 e. The molecule has 0 bridgehead atoms. The molecule has 21 heavy (non-hydrogen) atoms. The molecule has 1 N–H and O–H groups in total. The van der Waals surface area contributed by atoms with Gasteiger partial charge < -0.3 is 14.7 Å². The van der Waals surface area contributed by atoms with E-state index in [9.17, 15) is 14.7 Å². The number of carboxylic acids is 1. The smallest absolute Gasteiger partial charge is 0.311 e. The van der Waals surface area contributed by atoms with E-state index >= 15 is 0 Å². The third kappa shape index (κ3) is 2.73. The maximum atomic E-state index is 12.5. The molecular weight excluding hydrogens is 270 g/mol. The first-order valence-corrected chi connectivity index (χ1v) is 7.07. The van der Waals surface area contributed by atoms with Crippen LogP contribution in [-0.4, -0.2) is 42.1 Å². The number of hydrogen-bond acceptors (Lipinski definition) is 3. The van der Waals surface area contributed by atoms with Crippen LogP contribution in [-0.2, 0) is 4.79 Å². The van der Waals surface area contributed by atoms with Crippen LogP contribution >= 0.6 is 0 Å². The summed E-state index contributed by atoms with van der Waals surface area (Å²) >= 11 is 0. The lowest BCUT2D eigenvalue weighted by molar-refractivity contribution is -0.150. The van der Waals surface area contributed by atoms with Gasteiger partial charge in [-0.05, 0) is 30.5 Å².